The first kappa shape index (κ1) is 26.3. The minimum absolute atomic E-state index is 0.0557. The number of amides is 2. The van der Waals surface area contributed by atoms with Crippen molar-refractivity contribution in [3.63, 3.8) is 0 Å². The van der Waals surface area contributed by atoms with Gasteiger partial charge >= 0.3 is 5.97 Å². The molecule has 0 aromatic heterocycles. The van der Waals surface area contributed by atoms with Crippen LogP contribution < -0.4 is 10.6 Å². The van der Waals surface area contributed by atoms with Crippen molar-refractivity contribution in [2.45, 2.75) is 76.7 Å². The molecule has 0 radical (unpaired) electrons. The van der Waals surface area contributed by atoms with Crippen molar-refractivity contribution in [2.24, 2.45) is 11.8 Å². The standard InChI is InChI=1S/C24H40N2O6/c27-13-15-31-14-12-25-22(28)17-20-10-6-1-2-7-11-23(29)32-18-21(26-24(20)30)16-19-8-4-3-5-9-19/h1,6,19-21,27H,2-5,7-18H2,(H,25,28)(H,26,30). The number of allylic oxidation sites excluding steroid dienone is 2. The summed E-state index contributed by atoms with van der Waals surface area (Å²) in [6.45, 7) is 1.02. The first-order valence-corrected chi connectivity index (χ1v) is 12.1. The normalized spacial score (nSPS) is 23.9. The molecule has 0 aromatic carbocycles. The Hall–Kier alpha value is -1.93. The van der Waals surface area contributed by atoms with E-state index in [4.69, 9.17) is 14.6 Å². The van der Waals surface area contributed by atoms with E-state index in [0.29, 0.717) is 38.3 Å². The molecule has 0 saturated heterocycles. The molecule has 182 valence electrons. The van der Waals surface area contributed by atoms with Crippen molar-refractivity contribution in [3.8, 4) is 0 Å². The summed E-state index contributed by atoms with van der Waals surface area (Å²) in [7, 11) is 0. The van der Waals surface area contributed by atoms with E-state index >= 15 is 0 Å². The van der Waals surface area contributed by atoms with Gasteiger partial charge in [0, 0.05) is 19.4 Å². The zero-order valence-corrected chi connectivity index (χ0v) is 19.2. The molecule has 1 aliphatic carbocycles. The van der Waals surface area contributed by atoms with Crippen LogP contribution in [0.25, 0.3) is 0 Å². The molecule has 2 atom stereocenters. The lowest BCUT2D eigenvalue weighted by atomic mass is 9.84. The summed E-state index contributed by atoms with van der Waals surface area (Å²) in [5.41, 5.74) is 0. The molecule has 1 aliphatic heterocycles. The van der Waals surface area contributed by atoms with E-state index in [1.807, 2.05) is 12.2 Å². The van der Waals surface area contributed by atoms with Gasteiger partial charge in [-0.05, 0) is 31.6 Å². The van der Waals surface area contributed by atoms with E-state index in [2.05, 4.69) is 10.6 Å². The maximum absolute atomic E-state index is 13.1. The molecular weight excluding hydrogens is 412 g/mol. The second-order valence-electron chi connectivity index (χ2n) is 8.81. The highest BCUT2D eigenvalue weighted by Crippen LogP contribution is 2.27. The summed E-state index contributed by atoms with van der Waals surface area (Å²) in [6.07, 6.45) is 13.1. The molecule has 2 amide bonds. The molecule has 0 bridgehead atoms. The number of carbonyl (C=O) groups is 3. The van der Waals surface area contributed by atoms with E-state index in [1.54, 1.807) is 0 Å². The zero-order chi connectivity index (χ0) is 23.0. The minimum atomic E-state index is -0.477. The van der Waals surface area contributed by atoms with Crippen molar-refractivity contribution in [2.75, 3.05) is 33.0 Å². The van der Waals surface area contributed by atoms with Crippen LogP contribution in [-0.2, 0) is 23.9 Å². The SMILES string of the molecule is O=C(CC1CC=CCCCC(=O)OCC(CC2CCCCC2)NC1=O)NCCOCCO. The molecule has 0 spiro atoms. The fourth-order valence-corrected chi connectivity index (χ4v) is 4.33. The fourth-order valence-electron chi connectivity index (χ4n) is 4.33. The minimum Gasteiger partial charge on any atom is -0.463 e. The summed E-state index contributed by atoms with van der Waals surface area (Å²) >= 11 is 0. The van der Waals surface area contributed by atoms with Crippen LogP contribution in [0.1, 0.15) is 70.6 Å². The van der Waals surface area contributed by atoms with Crippen LogP contribution in [0.3, 0.4) is 0 Å². The third-order valence-corrected chi connectivity index (χ3v) is 6.08. The molecule has 2 aliphatic rings. The van der Waals surface area contributed by atoms with Gasteiger partial charge in [0.05, 0.1) is 31.8 Å². The highest BCUT2D eigenvalue weighted by atomic mass is 16.5. The van der Waals surface area contributed by atoms with Gasteiger partial charge in [-0.2, -0.15) is 0 Å². The number of aliphatic hydroxyl groups is 1. The van der Waals surface area contributed by atoms with Gasteiger partial charge in [0.25, 0.3) is 0 Å². The number of esters is 1. The summed E-state index contributed by atoms with van der Waals surface area (Å²) in [5, 5.41) is 14.6. The van der Waals surface area contributed by atoms with Crippen LogP contribution in [-0.4, -0.2) is 61.9 Å². The summed E-state index contributed by atoms with van der Waals surface area (Å²) in [4.78, 5) is 37.5. The fraction of sp³-hybridized carbons (Fsp3) is 0.792. The van der Waals surface area contributed by atoms with E-state index in [1.165, 1.54) is 19.3 Å². The molecule has 1 fully saturated rings. The van der Waals surface area contributed by atoms with Crippen molar-refractivity contribution in [1.29, 1.82) is 0 Å². The second-order valence-corrected chi connectivity index (χ2v) is 8.81. The smallest absolute Gasteiger partial charge is 0.305 e. The number of hydrogen-bond acceptors (Lipinski definition) is 6. The van der Waals surface area contributed by atoms with Crippen LogP contribution in [0.5, 0.6) is 0 Å². The first-order valence-electron chi connectivity index (χ1n) is 12.1. The maximum atomic E-state index is 13.1. The zero-order valence-electron chi connectivity index (χ0n) is 19.2. The summed E-state index contributed by atoms with van der Waals surface area (Å²) < 4.78 is 10.6. The third-order valence-electron chi connectivity index (χ3n) is 6.08. The predicted molar refractivity (Wildman–Crippen MR) is 121 cm³/mol. The Morgan fingerprint density at radius 3 is 2.75 bits per heavy atom. The Bertz CT molecular complexity index is 603. The highest BCUT2D eigenvalue weighted by molar-refractivity contribution is 5.86. The number of carbonyl (C=O) groups excluding carboxylic acids is 3. The van der Waals surface area contributed by atoms with Crippen LogP contribution in [0.4, 0.5) is 0 Å². The number of aliphatic hydroxyl groups excluding tert-OH is 1. The van der Waals surface area contributed by atoms with Gasteiger partial charge in [0.15, 0.2) is 0 Å². The molecule has 1 heterocycles. The maximum Gasteiger partial charge on any atom is 0.305 e. The van der Waals surface area contributed by atoms with Crippen LogP contribution in [0, 0.1) is 11.8 Å². The van der Waals surface area contributed by atoms with Gasteiger partial charge < -0.3 is 25.2 Å². The Labute approximate surface area is 191 Å². The lowest BCUT2D eigenvalue weighted by molar-refractivity contribution is -0.145. The van der Waals surface area contributed by atoms with Crippen LogP contribution in [0.2, 0.25) is 0 Å². The molecule has 1 saturated carbocycles. The van der Waals surface area contributed by atoms with Crippen molar-refractivity contribution < 1.29 is 29.0 Å². The largest absolute Gasteiger partial charge is 0.463 e. The van der Waals surface area contributed by atoms with Gasteiger partial charge in [0.2, 0.25) is 11.8 Å². The Morgan fingerprint density at radius 2 is 1.97 bits per heavy atom. The van der Waals surface area contributed by atoms with Gasteiger partial charge in [0.1, 0.15) is 6.61 Å². The van der Waals surface area contributed by atoms with E-state index < -0.39 is 5.92 Å². The number of rotatable bonds is 9. The molecular formula is C24H40N2O6. The number of nitrogens with one attached hydrogen (secondary N) is 2. The average Bonchev–Trinajstić information content (AvgIpc) is 2.80. The average molecular weight is 453 g/mol. The summed E-state index contributed by atoms with van der Waals surface area (Å²) in [6, 6.07) is -0.225. The number of hydrogen-bond donors (Lipinski definition) is 3. The van der Waals surface area contributed by atoms with E-state index in [-0.39, 0.29) is 50.1 Å². The molecule has 0 aromatic rings. The molecule has 32 heavy (non-hydrogen) atoms. The Kier molecular flexibility index (Phi) is 13.0. The topological polar surface area (TPSA) is 114 Å². The Morgan fingerprint density at radius 1 is 1.16 bits per heavy atom. The van der Waals surface area contributed by atoms with Gasteiger partial charge in [-0.25, -0.2) is 0 Å². The van der Waals surface area contributed by atoms with Gasteiger partial charge in [-0.1, -0.05) is 44.3 Å². The van der Waals surface area contributed by atoms with Crippen LogP contribution in [0.15, 0.2) is 12.2 Å². The van der Waals surface area contributed by atoms with Crippen molar-refractivity contribution in [1.82, 2.24) is 10.6 Å². The lowest BCUT2D eigenvalue weighted by Gasteiger charge is -2.28. The van der Waals surface area contributed by atoms with Gasteiger partial charge in [-0.15, -0.1) is 0 Å². The molecule has 2 rings (SSSR count). The second kappa shape index (κ2) is 15.8. The first-order chi connectivity index (χ1) is 15.6. The number of cyclic esters (lactones) is 1. The molecule has 8 nitrogen and oxygen atoms in total. The number of ether oxygens (including phenoxy) is 2. The van der Waals surface area contributed by atoms with Crippen molar-refractivity contribution >= 4 is 17.8 Å². The van der Waals surface area contributed by atoms with Crippen LogP contribution >= 0.6 is 0 Å². The van der Waals surface area contributed by atoms with E-state index in [0.717, 1.165) is 25.7 Å². The Balaban J connectivity index is 1.96. The van der Waals surface area contributed by atoms with E-state index in [9.17, 15) is 14.4 Å². The quantitative estimate of drug-likeness (QED) is 0.281. The third kappa shape index (κ3) is 11.1. The van der Waals surface area contributed by atoms with Crippen molar-refractivity contribution in [3.05, 3.63) is 12.2 Å². The molecule has 3 N–H and O–H groups in total. The summed E-state index contributed by atoms with van der Waals surface area (Å²) in [5.74, 6) is -0.540. The monoisotopic (exact) mass is 452 g/mol. The predicted octanol–water partition coefficient (Wildman–Crippen LogP) is 2.25. The highest BCUT2D eigenvalue weighted by Gasteiger charge is 2.26. The molecule has 2 unspecified atom stereocenters. The lowest BCUT2D eigenvalue weighted by Crippen LogP contribution is -2.44. The van der Waals surface area contributed by atoms with Gasteiger partial charge in [-0.3, -0.25) is 14.4 Å². The molecule has 8 heteroatoms.